The van der Waals surface area contributed by atoms with Gasteiger partial charge in [-0.1, -0.05) is 147 Å². The van der Waals surface area contributed by atoms with Crippen LogP contribution >= 0.6 is 39.9 Å². The van der Waals surface area contributed by atoms with E-state index < -0.39 is 123 Å². The fourth-order valence-electron chi connectivity index (χ4n) is 12.4. The molecule has 0 aliphatic carbocycles. The molecule has 10 atom stereocenters. The molecule has 0 spiro atoms. The Bertz CT molecular complexity index is 3220. The number of Topliss-reactive ketones (excluding diaryl/α,β-unsaturated/α-hetero) is 3. The van der Waals surface area contributed by atoms with Gasteiger partial charge in [0.2, 0.25) is 0 Å². The number of aromatic nitrogens is 2. The molecule has 0 saturated carbocycles. The zero-order valence-corrected chi connectivity index (χ0v) is 73.0. The van der Waals surface area contributed by atoms with E-state index >= 15 is 0 Å². The monoisotopic (exact) mass is 1560 g/mol. The normalized spacial score (nSPS) is 26.8. The molecule has 23 heteroatoms. The van der Waals surface area contributed by atoms with E-state index in [4.69, 9.17) is 34.6 Å². The summed E-state index contributed by atoms with van der Waals surface area (Å²) in [4.78, 5) is 75.2. The van der Waals surface area contributed by atoms with Crippen molar-refractivity contribution < 1.29 is 68.6 Å². The molecule has 2 aromatic heterocycles. The van der Waals surface area contributed by atoms with Crippen LogP contribution in [0.1, 0.15) is 244 Å². The van der Waals surface area contributed by atoms with E-state index in [0.29, 0.717) is 11.3 Å². The van der Waals surface area contributed by atoms with Crippen molar-refractivity contribution in [3.8, 4) is 0 Å². The second-order valence-corrected chi connectivity index (χ2v) is 53.7. The van der Waals surface area contributed by atoms with Gasteiger partial charge in [0.05, 0.1) is 22.9 Å². The van der Waals surface area contributed by atoms with E-state index in [1.807, 2.05) is 53.8 Å². The van der Waals surface area contributed by atoms with Gasteiger partial charge in [0, 0.05) is 64.9 Å². The van der Waals surface area contributed by atoms with Crippen LogP contribution in [0, 0.1) is 60.2 Å². The van der Waals surface area contributed by atoms with Gasteiger partial charge in [0.15, 0.2) is 28.5 Å². The van der Waals surface area contributed by atoms with Crippen LogP contribution < -0.4 is 0 Å². The molecule has 11 nitrogen and oxygen atoms in total. The number of thiazole rings is 2. The molecule has 2 aromatic rings. The number of ketones is 3. The summed E-state index contributed by atoms with van der Waals surface area (Å²) in [6.45, 7) is 53.0. The molecule has 0 bridgehead atoms. The van der Waals surface area contributed by atoms with Crippen LogP contribution in [0.4, 0.5) is 26.3 Å². The Kier molecular flexibility index (Phi) is 36.9. The number of hydrogen-bond acceptors (Lipinski definition) is 13. The molecule has 0 amide bonds. The van der Waals surface area contributed by atoms with Crippen LogP contribution in [0.15, 0.2) is 63.9 Å². The maximum atomic E-state index is 14.2. The number of aryl methyl sites for hydroxylation is 2. The SMILES string of the molecule is C/C(=C\c1csc(C)n1)[C@@H]1C/C=C(/C(F)(F)F)C/C=C/[C@H](C)[C@H](O[Si](C)(C)C(C)(C)C)[C@@H](C)C(=O)C(C)(C)[C@@H](C)CC(=O)O1.CC(=O)[C@@H]1C/C=C(/C(F)(F)F)C/C=C/[C@H](C)[C@H](O[Si](C)(C)C(C)(C)C)[C@@H](C)C(=O)C(C)(C)[C@@H](C)CC(=O)O1.CCCCP(Cl)(CCCC)(CCCC)Cc1csc(C)n1. The van der Waals surface area contributed by atoms with Gasteiger partial charge >= 0.3 is 165 Å². The molecule has 0 N–H and O–H groups in total. The molecule has 2 aliphatic rings. The van der Waals surface area contributed by atoms with Crippen molar-refractivity contribution in [1.82, 2.24) is 9.97 Å². The van der Waals surface area contributed by atoms with Gasteiger partial charge < -0.3 is 18.3 Å². The van der Waals surface area contributed by atoms with Crippen LogP contribution in [-0.4, -0.2) is 111 Å². The third-order valence-electron chi connectivity index (χ3n) is 22.4. The van der Waals surface area contributed by atoms with Crippen LogP contribution in [0.3, 0.4) is 0 Å². The van der Waals surface area contributed by atoms with E-state index in [1.165, 1.54) is 98.1 Å². The number of carbonyl (C=O) groups excluding carboxylic acids is 5. The molecular weight excluding hydrogens is 1430 g/mol. The molecule has 0 saturated heterocycles. The zero-order valence-electron chi connectivity index (χ0n) is 67.8. The van der Waals surface area contributed by atoms with Crippen molar-refractivity contribution in [2.24, 2.45) is 46.3 Å². The molecule has 0 radical (unpaired) electrons. The summed E-state index contributed by atoms with van der Waals surface area (Å²) in [5.41, 5.74) is -0.822. The Morgan fingerprint density at radius 2 is 0.981 bits per heavy atom. The van der Waals surface area contributed by atoms with Gasteiger partial charge in [-0.25, -0.2) is 4.98 Å². The average molecular weight is 1570 g/mol. The molecular formula is C80H132ClF6N2O9PS2Si2. The second kappa shape index (κ2) is 39.8. The van der Waals surface area contributed by atoms with Gasteiger partial charge in [-0.2, -0.15) is 26.3 Å². The predicted octanol–water partition coefficient (Wildman–Crippen LogP) is 24.6. The van der Waals surface area contributed by atoms with Crippen LogP contribution in [-0.2, 0) is 48.5 Å². The van der Waals surface area contributed by atoms with Crippen molar-refractivity contribution in [3.05, 3.63) is 85.3 Å². The number of cyclic esters (lactones) is 2. The van der Waals surface area contributed by atoms with Gasteiger partial charge in [0.25, 0.3) is 0 Å². The van der Waals surface area contributed by atoms with Crippen LogP contribution in [0.2, 0.25) is 36.3 Å². The number of alkyl halides is 6. The van der Waals surface area contributed by atoms with Gasteiger partial charge in [-0.15, -0.1) is 11.3 Å². The number of allylic oxidation sites excluding steroid dienone is 4. The average Bonchev–Trinajstić information content (AvgIpc) is 1.39. The van der Waals surface area contributed by atoms with Crippen LogP contribution in [0.25, 0.3) is 6.08 Å². The minimum atomic E-state index is -4.61. The van der Waals surface area contributed by atoms with E-state index in [1.54, 1.807) is 64.2 Å². The van der Waals surface area contributed by atoms with Gasteiger partial charge in [-0.05, 0) is 105 Å². The fourth-order valence-corrected chi connectivity index (χ4v) is 23.5. The molecule has 103 heavy (non-hydrogen) atoms. The third kappa shape index (κ3) is 29.5. The van der Waals surface area contributed by atoms with Gasteiger partial charge in [0.1, 0.15) is 17.7 Å². The Morgan fingerprint density at radius 3 is 1.30 bits per heavy atom. The summed E-state index contributed by atoms with van der Waals surface area (Å²) < 4.78 is 108. The fraction of sp³-hybridized carbons (Fsp3) is 0.738. The summed E-state index contributed by atoms with van der Waals surface area (Å²) in [6.07, 6.45) is 8.65. The molecule has 4 rings (SSSR count). The van der Waals surface area contributed by atoms with Crippen molar-refractivity contribution in [1.29, 1.82) is 0 Å². The third-order valence-corrected chi connectivity index (χ3v) is 40.3. The number of carbonyl (C=O) groups is 5. The number of ether oxygens (including phenoxy) is 2. The molecule has 0 unspecified atom stereocenters. The number of rotatable bonds is 18. The Morgan fingerprint density at radius 1 is 0.621 bits per heavy atom. The number of halogens is 7. The predicted molar refractivity (Wildman–Crippen MR) is 425 cm³/mol. The summed E-state index contributed by atoms with van der Waals surface area (Å²) in [6, 6.07) is 0. The minimum absolute atomic E-state index is 0.0451. The topological polar surface area (TPSA) is 148 Å². The van der Waals surface area contributed by atoms with E-state index in [-0.39, 0.29) is 71.5 Å². The maximum absolute atomic E-state index is 14.2. The number of unbranched alkanes of at least 4 members (excludes halogenated alkanes) is 3. The molecule has 0 fully saturated rings. The molecule has 590 valence electrons. The summed E-state index contributed by atoms with van der Waals surface area (Å²) >= 11 is 10.8. The van der Waals surface area contributed by atoms with Crippen LogP contribution in [0.5, 0.6) is 0 Å². The van der Waals surface area contributed by atoms with Crippen molar-refractivity contribution >= 4 is 91.9 Å². The summed E-state index contributed by atoms with van der Waals surface area (Å²) in [5, 5.41) is 5.84. The first-order valence-electron chi connectivity index (χ1n) is 37.4. The molecule has 4 heterocycles. The zero-order chi connectivity index (χ0) is 79.5. The van der Waals surface area contributed by atoms with E-state index in [9.17, 15) is 50.3 Å². The summed E-state index contributed by atoms with van der Waals surface area (Å²) in [5.74, 6) is -6.72. The quantitative estimate of drug-likeness (QED) is 0.0462. The second-order valence-electron chi connectivity index (χ2n) is 33.9. The molecule has 2 aliphatic heterocycles. The van der Waals surface area contributed by atoms with E-state index in [0.717, 1.165) is 23.3 Å². The van der Waals surface area contributed by atoms with Gasteiger partial charge in [-0.3, -0.25) is 24.0 Å². The van der Waals surface area contributed by atoms with Crippen molar-refractivity contribution in [2.45, 2.75) is 315 Å². The Hall–Kier alpha value is -3.44. The Labute approximate surface area is 632 Å². The first kappa shape index (κ1) is 95.6. The number of nitrogens with zero attached hydrogens (tertiary/aromatic N) is 2. The summed E-state index contributed by atoms with van der Waals surface area (Å²) in [7, 11) is -4.70. The van der Waals surface area contributed by atoms with Crippen molar-refractivity contribution in [3.63, 3.8) is 0 Å². The van der Waals surface area contributed by atoms with E-state index in [2.05, 4.69) is 106 Å². The molecule has 0 aromatic carbocycles. The first-order chi connectivity index (χ1) is 46.9. The first-order valence-corrected chi connectivity index (χ1v) is 48.8. The number of esters is 2. The number of hydrogen-bond donors (Lipinski definition) is 0. The van der Waals surface area contributed by atoms with Crippen molar-refractivity contribution in [2.75, 3.05) is 18.5 Å². The Balaban J connectivity index is 0.000000556. The standard InChI is InChI=1S/C34H52F3NO4SSi.C29H47F3O5Si.C17H33ClNPS/c1-21-14-13-15-26(34(35,36)37)16-17-28(22(2)18-27-20-43-25(5)38-27)41-29(39)19-23(3)33(9,10)31(40)24(4)30(21)42-44(11,12)32(6,7)8;1-18-13-12-14-22(29(30,31)32)15-16-23(21(4)33)36-24(34)17-19(2)28(8,9)26(35)20(3)25(18)37-38(10,11)27(5,6)7;1-5-8-11-20(18,12-9-6-2,13-10-7-3)14-17-15-21-16(4)19-17/h13-14,16,18,20-21,23-24,28,30H,15,17,19H2,1-12H3;12-13,15,18-20,23,25H,14,16-17H2,1-11H3;15H,5-14H2,1-4H3/b14-13+,22-18+,26-16+;13-12+,22-15+;/t21-,23-,24+,28-,30-;18-,19-,20+,23-,25-;/m00./s1.